The van der Waals surface area contributed by atoms with Crippen molar-refractivity contribution >= 4 is 5.78 Å². The highest BCUT2D eigenvalue weighted by atomic mass is 16.1. The van der Waals surface area contributed by atoms with Crippen molar-refractivity contribution < 1.29 is 4.79 Å². The lowest BCUT2D eigenvalue weighted by Gasteiger charge is -2.01. The second kappa shape index (κ2) is 7.67. The highest BCUT2D eigenvalue weighted by Gasteiger charge is 2.10. The number of rotatable bonds is 8. The normalized spacial score (nSPS) is 15.8. The Bertz CT molecular complexity index is 215. The van der Waals surface area contributed by atoms with Gasteiger partial charge in [-0.05, 0) is 25.3 Å². The summed E-state index contributed by atoms with van der Waals surface area (Å²) < 4.78 is 0. The van der Waals surface area contributed by atoms with E-state index in [9.17, 15) is 4.79 Å². The van der Waals surface area contributed by atoms with Crippen molar-refractivity contribution in [3.8, 4) is 0 Å². The molecule has 0 aliphatic heterocycles. The Morgan fingerprint density at radius 3 is 2.27 bits per heavy atom. The van der Waals surface area contributed by atoms with Crippen LogP contribution in [-0.2, 0) is 4.79 Å². The Labute approximate surface area is 93.9 Å². The topological polar surface area (TPSA) is 17.1 Å². The second-order valence-corrected chi connectivity index (χ2v) is 4.64. The van der Waals surface area contributed by atoms with Crippen molar-refractivity contribution in [2.45, 2.75) is 71.1 Å². The van der Waals surface area contributed by atoms with Crippen LogP contribution in [0.25, 0.3) is 0 Å². The molecule has 0 atom stereocenters. The molecule has 0 spiro atoms. The first-order chi connectivity index (χ1) is 7.33. The smallest absolute Gasteiger partial charge is 0.155 e. The van der Waals surface area contributed by atoms with Gasteiger partial charge in [0, 0.05) is 6.42 Å². The average molecular weight is 208 g/mol. The molecule has 0 amide bonds. The SMILES string of the molecule is CCCCCCCCCC1=CC(=O)CC1. The van der Waals surface area contributed by atoms with Gasteiger partial charge in [0.2, 0.25) is 0 Å². The van der Waals surface area contributed by atoms with E-state index in [-0.39, 0.29) is 0 Å². The lowest BCUT2D eigenvalue weighted by Crippen LogP contribution is -1.82. The van der Waals surface area contributed by atoms with Crippen molar-refractivity contribution in [2.75, 3.05) is 0 Å². The minimum Gasteiger partial charge on any atom is -0.295 e. The van der Waals surface area contributed by atoms with Gasteiger partial charge in [-0.1, -0.05) is 51.0 Å². The number of unbranched alkanes of at least 4 members (excludes halogenated alkanes) is 6. The molecule has 0 heterocycles. The van der Waals surface area contributed by atoms with E-state index in [2.05, 4.69) is 6.92 Å². The van der Waals surface area contributed by atoms with E-state index in [0.29, 0.717) is 5.78 Å². The van der Waals surface area contributed by atoms with Gasteiger partial charge in [0.15, 0.2) is 5.78 Å². The van der Waals surface area contributed by atoms with Crippen molar-refractivity contribution in [1.82, 2.24) is 0 Å². The molecule has 15 heavy (non-hydrogen) atoms. The molecule has 0 N–H and O–H groups in total. The van der Waals surface area contributed by atoms with Crippen molar-refractivity contribution in [1.29, 1.82) is 0 Å². The fraction of sp³-hybridized carbons (Fsp3) is 0.786. The van der Waals surface area contributed by atoms with Crippen LogP contribution in [0.1, 0.15) is 71.1 Å². The maximum Gasteiger partial charge on any atom is 0.155 e. The summed E-state index contributed by atoms with van der Waals surface area (Å²) in [6, 6.07) is 0. The minimum absolute atomic E-state index is 0.341. The molecular formula is C14H24O. The first-order valence-corrected chi connectivity index (χ1v) is 6.55. The van der Waals surface area contributed by atoms with E-state index in [0.717, 1.165) is 12.8 Å². The number of ketones is 1. The summed E-state index contributed by atoms with van der Waals surface area (Å²) in [5.41, 5.74) is 1.40. The van der Waals surface area contributed by atoms with Gasteiger partial charge in [-0.3, -0.25) is 4.79 Å². The number of carbonyl (C=O) groups excluding carboxylic acids is 1. The lowest BCUT2D eigenvalue weighted by molar-refractivity contribution is -0.114. The largest absolute Gasteiger partial charge is 0.295 e. The van der Waals surface area contributed by atoms with Gasteiger partial charge < -0.3 is 0 Å². The van der Waals surface area contributed by atoms with Crippen LogP contribution < -0.4 is 0 Å². The Kier molecular flexibility index (Phi) is 6.38. The van der Waals surface area contributed by atoms with Crippen molar-refractivity contribution in [3.05, 3.63) is 11.6 Å². The van der Waals surface area contributed by atoms with Crippen LogP contribution in [0.4, 0.5) is 0 Å². The van der Waals surface area contributed by atoms with Gasteiger partial charge in [-0.2, -0.15) is 0 Å². The molecule has 0 aromatic carbocycles. The fourth-order valence-electron chi connectivity index (χ4n) is 2.16. The number of hydrogen-bond acceptors (Lipinski definition) is 1. The molecule has 1 heteroatoms. The third-order valence-corrected chi connectivity index (χ3v) is 3.16. The predicted octanol–water partition coefficient (Wildman–Crippen LogP) is 4.42. The average Bonchev–Trinajstić information content (AvgIpc) is 2.63. The molecular weight excluding hydrogens is 184 g/mol. The maximum absolute atomic E-state index is 11.0. The third-order valence-electron chi connectivity index (χ3n) is 3.16. The molecule has 1 rings (SSSR count). The molecule has 1 aliphatic carbocycles. The summed E-state index contributed by atoms with van der Waals surface area (Å²) in [5, 5.41) is 0. The van der Waals surface area contributed by atoms with Gasteiger partial charge >= 0.3 is 0 Å². The summed E-state index contributed by atoms with van der Waals surface area (Å²) in [6.07, 6.45) is 14.4. The standard InChI is InChI=1S/C14H24O/c1-2-3-4-5-6-7-8-9-13-10-11-14(15)12-13/h12H,2-11H2,1H3. The van der Waals surface area contributed by atoms with E-state index in [1.807, 2.05) is 6.08 Å². The van der Waals surface area contributed by atoms with E-state index < -0.39 is 0 Å². The van der Waals surface area contributed by atoms with Crippen LogP contribution >= 0.6 is 0 Å². The molecule has 1 aliphatic rings. The van der Waals surface area contributed by atoms with Gasteiger partial charge in [-0.15, -0.1) is 0 Å². The van der Waals surface area contributed by atoms with E-state index >= 15 is 0 Å². The molecule has 0 aromatic heterocycles. The Balaban J connectivity index is 1.89. The molecule has 1 nitrogen and oxygen atoms in total. The zero-order chi connectivity index (χ0) is 10.9. The van der Waals surface area contributed by atoms with Gasteiger partial charge in [0.05, 0.1) is 0 Å². The van der Waals surface area contributed by atoms with Crippen molar-refractivity contribution in [3.63, 3.8) is 0 Å². The van der Waals surface area contributed by atoms with Gasteiger partial charge in [-0.25, -0.2) is 0 Å². The minimum atomic E-state index is 0.341. The molecule has 0 bridgehead atoms. The van der Waals surface area contributed by atoms with Crippen LogP contribution in [0.2, 0.25) is 0 Å². The third kappa shape index (κ3) is 5.76. The first kappa shape index (κ1) is 12.5. The van der Waals surface area contributed by atoms with Crippen LogP contribution in [0.15, 0.2) is 11.6 Å². The second-order valence-electron chi connectivity index (χ2n) is 4.64. The number of hydrogen-bond donors (Lipinski definition) is 0. The Hall–Kier alpha value is -0.590. The molecule has 86 valence electrons. The summed E-state index contributed by atoms with van der Waals surface area (Å²) in [4.78, 5) is 11.0. The quantitative estimate of drug-likeness (QED) is 0.540. The van der Waals surface area contributed by atoms with Crippen LogP contribution in [-0.4, -0.2) is 5.78 Å². The van der Waals surface area contributed by atoms with Crippen LogP contribution in [0.3, 0.4) is 0 Å². The zero-order valence-corrected chi connectivity index (χ0v) is 10.1. The molecule has 0 radical (unpaired) electrons. The summed E-state index contributed by atoms with van der Waals surface area (Å²) in [7, 11) is 0. The molecule has 0 saturated heterocycles. The summed E-state index contributed by atoms with van der Waals surface area (Å²) in [5.74, 6) is 0.341. The molecule has 0 aromatic rings. The van der Waals surface area contributed by atoms with Gasteiger partial charge in [0.1, 0.15) is 0 Å². The maximum atomic E-state index is 11.0. The summed E-state index contributed by atoms with van der Waals surface area (Å²) in [6.45, 7) is 2.25. The fourth-order valence-corrected chi connectivity index (χ4v) is 2.16. The Morgan fingerprint density at radius 2 is 1.67 bits per heavy atom. The Morgan fingerprint density at radius 1 is 1.00 bits per heavy atom. The number of allylic oxidation sites excluding steroid dienone is 2. The number of carbonyl (C=O) groups is 1. The van der Waals surface area contributed by atoms with E-state index in [1.165, 1.54) is 56.9 Å². The zero-order valence-electron chi connectivity index (χ0n) is 10.1. The highest BCUT2D eigenvalue weighted by molar-refractivity contribution is 5.92. The monoisotopic (exact) mass is 208 g/mol. The van der Waals surface area contributed by atoms with E-state index in [1.54, 1.807) is 0 Å². The first-order valence-electron chi connectivity index (χ1n) is 6.55. The molecule has 0 unspecified atom stereocenters. The van der Waals surface area contributed by atoms with Crippen LogP contribution in [0.5, 0.6) is 0 Å². The predicted molar refractivity (Wildman–Crippen MR) is 64.9 cm³/mol. The summed E-state index contributed by atoms with van der Waals surface area (Å²) >= 11 is 0. The highest BCUT2D eigenvalue weighted by Crippen LogP contribution is 2.21. The molecule has 0 saturated carbocycles. The van der Waals surface area contributed by atoms with Crippen molar-refractivity contribution in [2.24, 2.45) is 0 Å². The lowest BCUT2D eigenvalue weighted by atomic mass is 10.0. The molecule has 0 fully saturated rings. The van der Waals surface area contributed by atoms with Gasteiger partial charge in [0.25, 0.3) is 0 Å². The van der Waals surface area contributed by atoms with Crippen LogP contribution in [0, 0.1) is 0 Å². The van der Waals surface area contributed by atoms with E-state index in [4.69, 9.17) is 0 Å².